The van der Waals surface area contributed by atoms with Crippen LogP contribution in [0.15, 0.2) is 37.9 Å². The Morgan fingerprint density at radius 2 is 2.00 bits per heavy atom. The van der Waals surface area contributed by atoms with Gasteiger partial charge in [0.1, 0.15) is 0 Å². The minimum Gasteiger partial charge on any atom is -0.293 e. The van der Waals surface area contributed by atoms with E-state index in [1.54, 1.807) is 11.3 Å². The standard InChI is InChI=1S/C15H13Br2NOS/c16-14-7-12(15(17)20-14)13(19)9-18-6-5-10-3-1-2-4-11(10)8-18/h1-4,7H,5-6,8-9H2. The zero-order chi connectivity index (χ0) is 14.1. The fourth-order valence-electron chi connectivity index (χ4n) is 2.51. The van der Waals surface area contributed by atoms with Crippen LogP contribution in [0.25, 0.3) is 0 Å². The van der Waals surface area contributed by atoms with Crippen LogP contribution in [0.3, 0.4) is 0 Å². The molecule has 0 aliphatic carbocycles. The van der Waals surface area contributed by atoms with Crippen molar-refractivity contribution in [3.63, 3.8) is 0 Å². The van der Waals surface area contributed by atoms with E-state index in [0.717, 1.165) is 32.6 Å². The maximum Gasteiger partial charge on any atom is 0.178 e. The highest BCUT2D eigenvalue weighted by atomic mass is 79.9. The molecule has 3 rings (SSSR count). The molecule has 104 valence electrons. The number of rotatable bonds is 3. The van der Waals surface area contributed by atoms with Crippen LogP contribution in [0.5, 0.6) is 0 Å². The van der Waals surface area contributed by atoms with Gasteiger partial charge in [-0.1, -0.05) is 24.3 Å². The lowest BCUT2D eigenvalue weighted by Crippen LogP contribution is -2.34. The summed E-state index contributed by atoms with van der Waals surface area (Å²) in [5, 5.41) is 0. The molecule has 1 aliphatic rings. The number of nitrogens with zero attached hydrogens (tertiary/aromatic N) is 1. The van der Waals surface area contributed by atoms with Gasteiger partial charge in [0.15, 0.2) is 5.78 Å². The Morgan fingerprint density at radius 1 is 1.25 bits per heavy atom. The van der Waals surface area contributed by atoms with E-state index in [2.05, 4.69) is 61.0 Å². The Balaban J connectivity index is 1.71. The molecule has 1 aromatic heterocycles. The Labute approximate surface area is 139 Å². The zero-order valence-corrected chi connectivity index (χ0v) is 14.7. The topological polar surface area (TPSA) is 20.3 Å². The summed E-state index contributed by atoms with van der Waals surface area (Å²) in [6.07, 6.45) is 1.03. The Bertz CT molecular complexity index is 653. The highest BCUT2D eigenvalue weighted by molar-refractivity contribution is 9.12. The van der Waals surface area contributed by atoms with Crippen LogP contribution in [-0.4, -0.2) is 23.8 Å². The lowest BCUT2D eigenvalue weighted by Gasteiger charge is -2.27. The van der Waals surface area contributed by atoms with E-state index < -0.39 is 0 Å². The van der Waals surface area contributed by atoms with E-state index in [4.69, 9.17) is 0 Å². The van der Waals surface area contributed by atoms with Gasteiger partial charge in [-0.3, -0.25) is 9.69 Å². The van der Waals surface area contributed by atoms with Crippen molar-refractivity contribution in [3.05, 3.63) is 54.6 Å². The second-order valence-corrected chi connectivity index (χ2v) is 8.64. The second-order valence-electron chi connectivity index (χ2n) is 4.89. The summed E-state index contributed by atoms with van der Waals surface area (Å²) in [5.74, 6) is 0.179. The Kier molecular flexibility index (Phi) is 4.40. The molecule has 5 heteroatoms. The molecule has 0 spiro atoms. The minimum absolute atomic E-state index is 0.179. The van der Waals surface area contributed by atoms with Gasteiger partial charge < -0.3 is 0 Å². The molecule has 0 amide bonds. The van der Waals surface area contributed by atoms with Crippen LogP contribution in [0.2, 0.25) is 0 Å². The van der Waals surface area contributed by atoms with Gasteiger partial charge in [0.2, 0.25) is 0 Å². The number of benzene rings is 1. The highest BCUT2D eigenvalue weighted by Crippen LogP contribution is 2.32. The first-order valence-electron chi connectivity index (χ1n) is 6.40. The molecule has 0 fully saturated rings. The van der Waals surface area contributed by atoms with Crippen LogP contribution in [0.4, 0.5) is 0 Å². The van der Waals surface area contributed by atoms with Crippen molar-refractivity contribution < 1.29 is 4.79 Å². The first-order valence-corrected chi connectivity index (χ1v) is 8.81. The molecular weight excluding hydrogens is 402 g/mol. The summed E-state index contributed by atoms with van der Waals surface area (Å²) in [6.45, 7) is 2.30. The first kappa shape index (κ1) is 14.4. The fourth-order valence-corrected chi connectivity index (χ4v) is 5.36. The molecule has 2 nitrogen and oxygen atoms in total. The number of hydrogen-bond acceptors (Lipinski definition) is 3. The van der Waals surface area contributed by atoms with Crippen LogP contribution in [0.1, 0.15) is 21.5 Å². The quantitative estimate of drug-likeness (QED) is 0.688. The molecule has 0 atom stereocenters. The predicted molar refractivity (Wildman–Crippen MR) is 89.5 cm³/mol. The lowest BCUT2D eigenvalue weighted by molar-refractivity contribution is 0.0921. The van der Waals surface area contributed by atoms with Gasteiger partial charge in [-0.05, 0) is 55.5 Å². The molecule has 0 saturated heterocycles. The number of ketones is 1. The van der Waals surface area contributed by atoms with E-state index in [-0.39, 0.29) is 5.78 Å². The van der Waals surface area contributed by atoms with E-state index >= 15 is 0 Å². The van der Waals surface area contributed by atoms with E-state index in [0.29, 0.717) is 6.54 Å². The smallest absolute Gasteiger partial charge is 0.178 e. The van der Waals surface area contributed by atoms with Crippen molar-refractivity contribution in [1.29, 1.82) is 0 Å². The minimum atomic E-state index is 0.179. The van der Waals surface area contributed by atoms with Gasteiger partial charge in [-0.15, -0.1) is 11.3 Å². The zero-order valence-electron chi connectivity index (χ0n) is 10.7. The van der Waals surface area contributed by atoms with Gasteiger partial charge in [0.25, 0.3) is 0 Å². The van der Waals surface area contributed by atoms with E-state index in [1.165, 1.54) is 11.1 Å². The largest absolute Gasteiger partial charge is 0.293 e. The van der Waals surface area contributed by atoms with Crippen molar-refractivity contribution >= 4 is 49.0 Å². The highest BCUT2D eigenvalue weighted by Gasteiger charge is 2.20. The van der Waals surface area contributed by atoms with Crippen LogP contribution in [0, 0.1) is 0 Å². The molecular formula is C15H13Br2NOS. The van der Waals surface area contributed by atoms with Crippen LogP contribution in [-0.2, 0) is 13.0 Å². The van der Waals surface area contributed by atoms with Crippen molar-refractivity contribution in [3.8, 4) is 0 Å². The lowest BCUT2D eigenvalue weighted by atomic mass is 9.99. The predicted octanol–water partition coefficient (Wildman–Crippen LogP) is 4.51. The van der Waals surface area contributed by atoms with Crippen molar-refractivity contribution in [2.45, 2.75) is 13.0 Å². The van der Waals surface area contributed by atoms with Crippen molar-refractivity contribution in [2.24, 2.45) is 0 Å². The molecule has 0 N–H and O–H groups in total. The normalized spacial score (nSPS) is 15.1. The maximum atomic E-state index is 12.4. The number of hydrogen-bond donors (Lipinski definition) is 0. The van der Waals surface area contributed by atoms with E-state index in [9.17, 15) is 4.79 Å². The third-order valence-electron chi connectivity index (χ3n) is 3.53. The van der Waals surface area contributed by atoms with Crippen molar-refractivity contribution in [1.82, 2.24) is 4.90 Å². The third kappa shape index (κ3) is 3.06. The Morgan fingerprint density at radius 3 is 2.70 bits per heavy atom. The molecule has 2 aromatic rings. The number of carbonyl (C=O) groups is 1. The monoisotopic (exact) mass is 413 g/mol. The number of fused-ring (bicyclic) bond motifs is 1. The average molecular weight is 415 g/mol. The summed E-state index contributed by atoms with van der Waals surface area (Å²) in [7, 11) is 0. The second kappa shape index (κ2) is 6.10. The SMILES string of the molecule is O=C(CN1CCc2ccccc2C1)c1cc(Br)sc1Br. The van der Waals surface area contributed by atoms with Crippen LogP contribution >= 0.6 is 43.2 Å². The molecule has 20 heavy (non-hydrogen) atoms. The number of Topliss-reactive ketones (excluding diaryl/α,β-unsaturated/α-hetero) is 1. The summed E-state index contributed by atoms with van der Waals surface area (Å²) in [5.41, 5.74) is 3.54. The van der Waals surface area contributed by atoms with Crippen LogP contribution < -0.4 is 0 Å². The molecule has 0 saturated carbocycles. The molecule has 1 aromatic carbocycles. The Hall–Kier alpha value is -0.490. The maximum absolute atomic E-state index is 12.4. The first-order chi connectivity index (χ1) is 9.63. The summed E-state index contributed by atoms with van der Waals surface area (Å²) in [4.78, 5) is 14.6. The van der Waals surface area contributed by atoms with Gasteiger partial charge in [-0.2, -0.15) is 0 Å². The number of thiophene rings is 1. The molecule has 1 aliphatic heterocycles. The fraction of sp³-hybridized carbons (Fsp3) is 0.267. The molecule has 2 heterocycles. The van der Waals surface area contributed by atoms with Crippen molar-refractivity contribution in [2.75, 3.05) is 13.1 Å². The number of halogens is 2. The molecule has 0 radical (unpaired) electrons. The van der Waals surface area contributed by atoms with Gasteiger partial charge in [0.05, 0.1) is 14.1 Å². The van der Waals surface area contributed by atoms with Gasteiger partial charge >= 0.3 is 0 Å². The van der Waals surface area contributed by atoms with E-state index in [1.807, 2.05) is 6.07 Å². The third-order valence-corrected chi connectivity index (χ3v) is 5.87. The molecule has 0 unspecified atom stereocenters. The summed E-state index contributed by atoms with van der Waals surface area (Å²) in [6, 6.07) is 10.4. The number of carbonyl (C=O) groups excluding carboxylic acids is 1. The molecule has 0 bridgehead atoms. The summed E-state index contributed by atoms with van der Waals surface area (Å²) < 4.78 is 1.89. The summed E-state index contributed by atoms with van der Waals surface area (Å²) >= 11 is 8.42. The van der Waals surface area contributed by atoms with Gasteiger partial charge in [0, 0.05) is 18.7 Å². The van der Waals surface area contributed by atoms with Gasteiger partial charge in [-0.25, -0.2) is 0 Å². The average Bonchev–Trinajstić information content (AvgIpc) is 2.78.